The van der Waals surface area contributed by atoms with Gasteiger partial charge in [0.1, 0.15) is 0 Å². The highest BCUT2D eigenvalue weighted by Crippen LogP contribution is 2.30. The molecule has 0 aliphatic carbocycles. The van der Waals surface area contributed by atoms with Gasteiger partial charge in [-0.1, -0.05) is 6.07 Å². The van der Waals surface area contributed by atoms with Crippen molar-refractivity contribution in [3.63, 3.8) is 0 Å². The minimum absolute atomic E-state index is 0.0251. The molecular weight excluding hydrogens is 318 g/mol. The Balaban J connectivity index is 1.92. The summed E-state index contributed by atoms with van der Waals surface area (Å²) in [6, 6.07) is 4.78. The van der Waals surface area contributed by atoms with Gasteiger partial charge in [0.05, 0.1) is 7.11 Å². The lowest BCUT2D eigenvalue weighted by Gasteiger charge is -2.19. The molecule has 0 radical (unpaired) electrons. The van der Waals surface area contributed by atoms with Crippen molar-refractivity contribution >= 4 is 5.91 Å². The van der Waals surface area contributed by atoms with Gasteiger partial charge in [0.2, 0.25) is 5.91 Å². The number of rotatable bonds is 8. The molecule has 7 heteroatoms. The van der Waals surface area contributed by atoms with E-state index in [1.165, 1.54) is 13.2 Å². The number of amides is 1. The number of ether oxygens (including phenoxy) is 2. The van der Waals surface area contributed by atoms with Gasteiger partial charge in [-0.05, 0) is 49.5 Å². The number of halogens is 2. The van der Waals surface area contributed by atoms with Crippen LogP contribution in [-0.4, -0.2) is 44.7 Å². The Labute approximate surface area is 140 Å². The fourth-order valence-electron chi connectivity index (χ4n) is 2.85. The molecule has 2 rings (SSSR count). The van der Waals surface area contributed by atoms with Gasteiger partial charge in [0.25, 0.3) is 0 Å². The first-order valence-corrected chi connectivity index (χ1v) is 8.06. The molecule has 1 N–H and O–H groups in total. The van der Waals surface area contributed by atoms with Gasteiger partial charge >= 0.3 is 6.61 Å². The first kappa shape index (κ1) is 18.4. The summed E-state index contributed by atoms with van der Waals surface area (Å²) >= 11 is 0. The van der Waals surface area contributed by atoms with Crippen LogP contribution in [0.5, 0.6) is 11.5 Å². The second kappa shape index (κ2) is 8.82. The van der Waals surface area contributed by atoms with E-state index in [0.29, 0.717) is 24.4 Å². The summed E-state index contributed by atoms with van der Waals surface area (Å²) in [6.45, 7) is -0.587. The third kappa shape index (κ3) is 5.33. The van der Waals surface area contributed by atoms with Crippen molar-refractivity contribution in [2.45, 2.75) is 32.4 Å². The zero-order valence-corrected chi connectivity index (χ0v) is 14.1. The van der Waals surface area contributed by atoms with Crippen LogP contribution in [0.15, 0.2) is 18.2 Å². The topological polar surface area (TPSA) is 50.8 Å². The van der Waals surface area contributed by atoms with Crippen LogP contribution < -0.4 is 14.8 Å². The van der Waals surface area contributed by atoms with Crippen molar-refractivity contribution in [2.75, 3.05) is 27.2 Å². The van der Waals surface area contributed by atoms with Crippen LogP contribution in [0.1, 0.15) is 24.8 Å². The summed E-state index contributed by atoms with van der Waals surface area (Å²) in [7, 11) is 3.11. The average molecular weight is 342 g/mol. The van der Waals surface area contributed by atoms with Crippen LogP contribution in [0.4, 0.5) is 8.78 Å². The molecule has 0 saturated carbocycles. The van der Waals surface area contributed by atoms with Crippen molar-refractivity contribution in [3.05, 3.63) is 23.8 Å². The highest BCUT2D eigenvalue weighted by Gasteiger charge is 2.18. The lowest BCUT2D eigenvalue weighted by atomic mass is 10.0. The van der Waals surface area contributed by atoms with E-state index in [0.717, 1.165) is 25.9 Å². The molecule has 1 fully saturated rings. The lowest BCUT2D eigenvalue weighted by molar-refractivity contribution is -0.130. The summed E-state index contributed by atoms with van der Waals surface area (Å²) in [5, 5.41) is 3.29. The molecule has 1 unspecified atom stereocenters. The van der Waals surface area contributed by atoms with Crippen LogP contribution in [0, 0.1) is 5.92 Å². The Morgan fingerprint density at radius 3 is 2.83 bits per heavy atom. The maximum absolute atomic E-state index is 12.5. The number of hydrogen-bond acceptors (Lipinski definition) is 4. The first-order chi connectivity index (χ1) is 11.5. The summed E-state index contributed by atoms with van der Waals surface area (Å²) in [4.78, 5) is 13.8. The molecule has 1 aromatic rings. The molecule has 1 atom stereocenters. The molecule has 1 amide bonds. The summed E-state index contributed by atoms with van der Waals surface area (Å²) in [6.07, 6.45) is 2.49. The maximum atomic E-state index is 12.5. The Morgan fingerprint density at radius 1 is 1.42 bits per heavy atom. The van der Waals surface area contributed by atoms with Gasteiger partial charge in [-0.3, -0.25) is 4.79 Å². The summed E-state index contributed by atoms with van der Waals surface area (Å²) in [5.41, 5.74) is 0.713. The molecule has 1 saturated heterocycles. The predicted octanol–water partition coefficient (Wildman–Crippen LogP) is 2.64. The highest BCUT2D eigenvalue weighted by molar-refractivity contribution is 5.75. The van der Waals surface area contributed by atoms with Crippen LogP contribution in [0.3, 0.4) is 0 Å². The van der Waals surface area contributed by atoms with E-state index in [2.05, 4.69) is 10.1 Å². The highest BCUT2D eigenvalue weighted by atomic mass is 19.3. The van der Waals surface area contributed by atoms with Gasteiger partial charge in [0, 0.05) is 20.0 Å². The van der Waals surface area contributed by atoms with Crippen LogP contribution >= 0.6 is 0 Å². The van der Waals surface area contributed by atoms with E-state index in [4.69, 9.17) is 4.74 Å². The van der Waals surface area contributed by atoms with Crippen molar-refractivity contribution in [3.8, 4) is 11.5 Å². The number of hydrogen-bond donors (Lipinski definition) is 1. The largest absolute Gasteiger partial charge is 0.493 e. The van der Waals surface area contributed by atoms with Crippen LogP contribution in [-0.2, 0) is 11.3 Å². The Morgan fingerprint density at radius 2 is 2.21 bits per heavy atom. The Hall–Kier alpha value is -1.89. The number of methoxy groups -OCH3 is 1. The van der Waals surface area contributed by atoms with Gasteiger partial charge in [-0.2, -0.15) is 8.78 Å². The third-order valence-electron chi connectivity index (χ3n) is 4.22. The first-order valence-electron chi connectivity index (χ1n) is 8.06. The third-order valence-corrected chi connectivity index (χ3v) is 4.22. The number of nitrogens with one attached hydrogen (secondary N) is 1. The molecule has 1 aromatic carbocycles. The van der Waals surface area contributed by atoms with Crippen molar-refractivity contribution in [1.82, 2.24) is 10.2 Å². The van der Waals surface area contributed by atoms with Gasteiger partial charge in [-0.25, -0.2) is 0 Å². The number of carbonyl (C=O) groups is 1. The zero-order valence-electron chi connectivity index (χ0n) is 14.1. The van der Waals surface area contributed by atoms with E-state index in [9.17, 15) is 13.6 Å². The molecule has 1 aliphatic rings. The van der Waals surface area contributed by atoms with Crippen LogP contribution in [0.25, 0.3) is 0 Å². The van der Waals surface area contributed by atoms with E-state index < -0.39 is 6.61 Å². The standard InChI is InChI=1S/C17H24F2N2O3/c1-21(16(22)6-4-12-7-8-20-10-12)11-13-3-5-14(23-2)15(9-13)24-17(18)19/h3,5,9,12,17,20H,4,6-8,10-11H2,1-2H3. The molecule has 0 bridgehead atoms. The fraction of sp³-hybridized carbons (Fsp3) is 0.588. The number of alkyl halides is 2. The molecule has 5 nitrogen and oxygen atoms in total. The zero-order chi connectivity index (χ0) is 17.5. The van der Waals surface area contributed by atoms with Crippen molar-refractivity contribution in [1.29, 1.82) is 0 Å². The number of benzene rings is 1. The minimum Gasteiger partial charge on any atom is -0.493 e. The minimum atomic E-state index is -2.92. The Kier molecular flexibility index (Phi) is 6.78. The van der Waals surface area contributed by atoms with Crippen molar-refractivity contribution in [2.24, 2.45) is 5.92 Å². The molecule has 1 heterocycles. The van der Waals surface area contributed by atoms with E-state index in [-0.39, 0.29) is 17.4 Å². The monoisotopic (exact) mass is 342 g/mol. The van der Waals surface area contributed by atoms with Gasteiger partial charge < -0.3 is 19.7 Å². The molecule has 1 aliphatic heterocycles. The predicted molar refractivity (Wildman–Crippen MR) is 86.3 cm³/mol. The Bertz CT molecular complexity index is 549. The SMILES string of the molecule is COc1ccc(CN(C)C(=O)CCC2CCNC2)cc1OC(F)F. The van der Waals surface area contributed by atoms with Gasteiger partial charge in [0.15, 0.2) is 11.5 Å². The second-order valence-corrected chi connectivity index (χ2v) is 6.01. The normalized spacial score (nSPS) is 17.1. The fourth-order valence-corrected chi connectivity index (χ4v) is 2.85. The molecule has 0 aromatic heterocycles. The quantitative estimate of drug-likeness (QED) is 0.789. The van der Waals surface area contributed by atoms with Gasteiger partial charge in [-0.15, -0.1) is 0 Å². The number of carbonyl (C=O) groups excluding carboxylic acids is 1. The van der Waals surface area contributed by atoms with E-state index in [1.807, 2.05) is 0 Å². The summed E-state index contributed by atoms with van der Waals surface area (Å²) < 4.78 is 34.4. The van der Waals surface area contributed by atoms with E-state index in [1.54, 1.807) is 24.1 Å². The molecule has 0 spiro atoms. The molecule has 24 heavy (non-hydrogen) atoms. The smallest absolute Gasteiger partial charge is 0.387 e. The molecule has 134 valence electrons. The second-order valence-electron chi connectivity index (χ2n) is 6.01. The average Bonchev–Trinajstić information content (AvgIpc) is 3.05. The number of nitrogens with zero attached hydrogens (tertiary/aromatic N) is 1. The van der Waals surface area contributed by atoms with Crippen LogP contribution in [0.2, 0.25) is 0 Å². The maximum Gasteiger partial charge on any atom is 0.387 e. The lowest BCUT2D eigenvalue weighted by Crippen LogP contribution is -2.26. The van der Waals surface area contributed by atoms with E-state index >= 15 is 0 Å². The van der Waals surface area contributed by atoms with Crippen molar-refractivity contribution < 1.29 is 23.0 Å². The molecular formula is C17H24F2N2O3. The summed E-state index contributed by atoms with van der Waals surface area (Å²) in [5.74, 6) is 0.827.